The van der Waals surface area contributed by atoms with Crippen LogP contribution in [0.15, 0.2) is 42.5 Å². The van der Waals surface area contributed by atoms with Crippen LogP contribution in [0.1, 0.15) is 29.6 Å². The molecule has 0 saturated heterocycles. The number of esters is 1. The van der Waals surface area contributed by atoms with Gasteiger partial charge in [-0.15, -0.1) is 0 Å². The standard InChI is InChI=1S/C21H20FNO6/c22-15-4-1-2-5-16(15)23-20(25)13-29-21(26)9-7-17(24)14-6-8-18-19(12-14)28-11-3-10-27-18/h1-2,4-6,8,12H,3,7,9-11,13H2,(H,23,25). The molecular formula is C21H20FNO6. The second kappa shape index (κ2) is 9.68. The average molecular weight is 401 g/mol. The zero-order chi connectivity index (χ0) is 20.6. The summed E-state index contributed by atoms with van der Waals surface area (Å²) in [4.78, 5) is 35.9. The molecular weight excluding hydrogens is 381 g/mol. The SMILES string of the molecule is O=C(COC(=O)CCC(=O)c1ccc2c(c1)OCCCO2)Nc1ccccc1F. The van der Waals surface area contributed by atoms with Crippen molar-refractivity contribution in [2.45, 2.75) is 19.3 Å². The molecule has 0 atom stereocenters. The Hall–Kier alpha value is -3.42. The molecule has 1 amide bonds. The number of carbonyl (C=O) groups excluding carboxylic acids is 3. The van der Waals surface area contributed by atoms with Gasteiger partial charge >= 0.3 is 5.97 Å². The third-order valence-corrected chi connectivity index (χ3v) is 4.14. The van der Waals surface area contributed by atoms with Crippen LogP contribution in [0.5, 0.6) is 11.5 Å². The van der Waals surface area contributed by atoms with Gasteiger partial charge in [-0.3, -0.25) is 14.4 Å². The number of hydrogen-bond acceptors (Lipinski definition) is 6. The summed E-state index contributed by atoms with van der Waals surface area (Å²) in [5.41, 5.74) is 0.400. The largest absolute Gasteiger partial charge is 0.490 e. The van der Waals surface area contributed by atoms with Crippen molar-refractivity contribution in [3.63, 3.8) is 0 Å². The third kappa shape index (κ3) is 5.78. The highest BCUT2D eigenvalue weighted by Gasteiger charge is 2.16. The Balaban J connectivity index is 1.44. The molecule has 0 radical (unpaired) electrons. The minimum absolute atomic E-state index is 0.00173. The Labute approximate surface area is 166 Å². The van der Waals surface area contributed by atoms with Crippen LogP contribution in [0.2, 0.25) is 0 Å². The van der Waals surface area contributed by atoms with E-state index in [1.54, 1.807) is 24.3 Å². The van der Waals surface area contributed by atoms with Crippen LogP contribution in [0.4, 0.5) is 10.1 Å². The van der Waals surface area contributed by atoms with Crippen LogP contribution in [-0.4, -0.2) is 37.5 Å². The molecule has 2 aromatic rings. The quantitative estimate of drug-likeness (QED) is 0.566. The summed E-state index contributed by atoms with van der Waals surface area (Å²) in [6.07, 6.45) is 0.502. The molecule has 0 unspecified atom stereocenters. The molecule has 0 aliphatic carbocycles. The maximum atomic E-state index is 13.5. The fourth-order valence-electron chi connectivity index (χ4n) is 2.66. The summed E-state index contributed by atoms with van der Waals surface area (Å²) in [5, 5.41) is 2.31. The van der Waals surface area contributed by atoms with Gasteiger partial charge in [0.15, 0.2) is 23.9 Å². The fourth-order valence-corrected chi connectivity index (χ4v) is 2.66. The lowest BCUT2D eigenvalue weighted by Gasteiger charge is -2.09. The smallest absolute Gasteiger partial charge is 0.306 e. The first kappa shape index (κ1) is 20.3. The number of ketones is 1. The molecule has 2 aromatic carbocycles. The van der Waals surface area contributed by atoms with Crippen molar-refractivity contribution < 1.29 is 33.0 Å². The van der Waals surface area contributed by atoms with Crippen molar-refractivity contribution in [1.82, 2.24) is 0 Å². The van der Waals surface area contributed by atoms with Crippen molar-refractivity contribution in [2.75, 3.05) is 25.1 Å². The van der Waals surface area contributed by atoms with Crippen molar-refractivity contribution in [1.29, 1.82) is 0 Å². The van der Waals surface area contributed by atoms with E-state index in [4.69, 9.17) is 14.2 Å². The molecule has 0 aromatic heterocycles. The second-order valence-electron chi connectivity index (χ2n) is 6.32. The van der Waals surface area contributed by atoms with Gasteiger partial charge in [0.2, 0.25) is 0 Å². The summed E-state index contributed by atoms with van der Waals surface area (Å²) in [7, 11) is 0. The van der Waals surface area contributed by atoms with Gasteiger partial charge in [0, 0.05) is 18.4 Å². The highest BCUT2D eigenvalue weighted by molar-refractivity contribution is 5.98. The van der Waals surface area contributed by atoms with Gasteiger partial charge in [0.05, 0.1) is 25.3 Å². The summed E-state index contributed by atoms with van der Waals surface area (Å²) < 4.78 is 29.4. The number of Topliss-reactive ketones (excluding diaryl/α,β-unsaturated/α-hetero) is 1. The summed E-state index contributed by atoms with van der Waals surface area (Å²) in [6, 6.07) is 10.5. The van der Waals surface area contributed by atoms with Gasteiger partial charge in [0.1, 0.15) is 5.82 Å². The molecule has 0 bridgehead atoms. The van der Waals surface area contributed by atoms with Crippen LogP contribution < -0.4 is 14.8 Å². The molecule has 1 N–H and O–H groups in total. The summed E-state index contributed by atoms with van der Waals surface area (Å²) in [6.45, 7) is 0.494. The molecule has 152 valence electrons. The van der Waals surface area contributed by atoms with Gasteiger partial charge in [0.25, 0.3) is 5.91 Å². The van der Waals surface area contributed by atoms with E-state index in [2.05, 4.69) is 5.32 Å². The number of anilines is 1. The van der Waals surface area contributed by atoms with Gasteiger partial charge in [-0.25, -0.2) is 4.39 Å². The molecule has 1 heterocycles. The normalized spacial score (nSPS) is 12.6. The molecule has 1 aliphatic heterocycles. The second-order valence-corrected chi connectivity index (χ2v) is 6.32. The highest BCUT2D eigenvalue weighted by Crippen LogP contribution is 2.30. The first-order valence-electron chi connectivity index (χ1n) is 9.16. The molecule has 0 fully saturated rings. The maximum Gasteiger partial charge on any atom is 0.306 e. The zero-order valence-electron chi connectivity index (χ0n) is 15.6. The van der Waals surface area contributed by atoms with E-state index in [-0.39, 0.29) is 24.3 Å². The van der Waals surface area contributed by atoms with Gasteiger partial charge in [-0.1, -0.05) is 12.1 Å². The molecule has 29 heavy (non-hydrogen) atoms. The van der Waals surface area contributed by atoms with E-state index in [0.717, 1.165) is 6.42 Å². The number of carbonyl (C=O) groups is 3. The van der Waals surface area contributed by atoms with Crippen molar-refractivity contribution in [3.05, 3.63) is 53.8 Å². The lowest BCUT2D eigenvalue weighted by atomic mass is 10.1. The van der Waals surface area contributed by atoms with Crippen molar-refractivity contribution in [3.8, 4) is 11.5 Å². The number of nitrogens with one attached hydrogen (secondary N) is 1. The van der Waals surface area contributed by atoms with Gasteiger partial charge in [-0.2, -0.15) is 0 Å². The predicted molar refractivity (Wildman–Crippen MR) is 102 cm³/mol. The minimum Gasteiger partial charge on any atom is -0.490 e. The Bertz CT molecular complexity index is 914. The molecule has 0 spiro atoms. The first-order chi connectivity index (χ1) is 14.0. The minimum atomic E-state index is -0.698. The molecule has 7 nitrogen and oxygen atoms in total. The molecule has 1 aliphatic rings. The summed E-state index contributed by atoms with van der Waals surface area (Å²) in [5.74, 6) is -1.13. The van der Waals surface area contributed by atoms with Crippen LogP contribution in [0.25, 0.3) is 0 Å². The van der Waals surface area contributed by atoms with E-state index in [1.165, 1.54) is 18.2 Å². The number of hydrogen-bond donors (Lipinski definition) is 1. The highest BCUT2D eigenvalue weighted by atomic mass is 19.1. The van der Waals surface area contributed by atoms with Crippen molar-refractivity contribution in [2.24, 2.45) is 0 Å². The lowest BCUT2D eigenvalue weighted by molar-refractivity contribution is -0.147. The summed E-state index contributed by atoms with van der Waals surface area (Å²) >= 11 is 0. The number of fused-ring (bicyclic) bond motifs is 1. The van der Waals surface area contributed by atoms with Crippen LogP contribution in [-0.2, 0) is 14.3 Å². The number of benzene rings is 2. The van der Waals surface area contributed by atoms with E-state index in [9.17, 15) is 18.8 Å². The Morgan fingerprint density at radius 1 is 1.00 bits per heavy atom. The van der Waals surface area contributed by atoms with E-state index >= 15 is 0 Å². The number of rotatable bonds is 7. The lowest BCUT2D eigenvalue weighted by Crippen LogP contribution is -2.21. The van der Waals surface area contributed by atoms with Crippen LogP contribution in [0, 0.1) is 5.82 Å². The number of amides is 1. The predicted octanol–water partition coefficient (Wildman–Crippen LogP) is 3.13. The fraction of sp³-hybridized carbons (Fsp3) is 0.286. The topological polar surface area (TPSA) is 90.9 Å². The number of ether oxygens (including phenoxy) is 3. The van der Waals surface area contributed by atoms with E-state index in [1.807, 2.05) is 0 Å². The average Bonchev–Trinajstić information content (AvgIpc) is 2.97. The van der Waals surface area contributed by atoms with Crippen LogP contribution >= 0.6 is 0 Å². The Morgan fingerprint density at radius 3 is 2.55 bits per heavy atom. The van der Waals surface area contributed by atoms with Gasteiger partial charge < -0.3 is 19.5 Å². The number of halogens is 1. The van der Waals surface area contributed by atoms with Crippen molar-refractivity contribution >= 4 is 23.3 Å². The zero-order valence-corrected chi connectivity index (χ0v) is 15.6. The number of para-hydroxylation sites is 1. The third-order valence-electron chi connectivity index (χ3n) is 4.14. The molecule has 0 saturated carbocycles. The van der Waals surface area contributed by atoms with E-state index < -0.39 is 24.3 Å². The van der Waals surface area contributed by atoms with E-state index in [0.29, 0.717) is 30.3 Å². The Morgan fingerprint density at radius 2 is 1.76 bits per heavy atom. The monoisotopic (exact) mass is 401 g/mol. The maximum absolute atomic E-state index is 13.5. The van der Waals surface area contributed by atoms with Crippen LogP contribution in [0.3, 0.4) is 0 Å². The molecule has 8 heteroatoms. The molecule has 3 rings (SSSR count). The van der Waals surface area contributed by atoms with Gasteiger partial charge in [-0.05, 0) is 30.3 Å². The first-order valence-corrected chi connectivity index (χ1v) is 9.16. The Kier molecular flexibility index (Phi) is 6.78.